The minimum absolute atomic E-state index is 0.00366. The van der Waals surface area contributed by atoms with Crippen LogP contribution in [0.25, 0.3) is 0 Å². The molecule has 0 bridgehead atoms. The maximum absolute atomic E-state index is 12.3. The van der Waals surface area contributed by atoms with Crippen LogP contribution in [0.2, 0.25) is 0 Å². The molecule has 0 radical (unpaired) electrons. The molecule has 1 heterocycles. The van der Waals surface area contributed by atoms with Crippen molar-refractivity contribution < 1.29 is 4.79 Å². The third-order valence-corrected chi connectivity index (χ3v) is 4.99. The van der Waals surface area contributed by atoms with Gasteiger partial charge in [0.15, 0.2) is 5.16 Å². The number of amides is 1. The van der Waals surface area contributed by atoms with Crippen molar-refractivity contribution in [1.82, 2.24) is 14.8 Å². The second-order valence-electron chi connectivity index (χ2n) is 5.42. The first-order chi connectivity index (χ1) is 12.1. The predicted octanol–water partition coefficient (Wildman–Crippen LogP) is 4.30. The van der Waals surface area contributed by atoms with Gasteiger partial charge in [0.25, 0.3) is 0 Å². The van der Waals surface area contributed by atoms with E-state index in [0.717, 1.165) is 27.7 Å². The molecule has 0 aliphatic carbocycles. The number of carbonyl (C=O) groups excluding carboxylic acids is 1. The zero-order chi connectivity index (χ0) is 17.6. The molecule has 3 aromatic rings. The Balaban J connectivity index is 1.66. The summed E-state index contributed by atoms with van der Waals surface area (Å²) in [5, 5.41) is 7.92. The van der Waals surface area contributed by atoms with Gasteiger partial charge in [-0.15, -0.1) is 5.10 Å². The van der Waals surface area contributed by atoms with Gasteiger partial charge >= 0.3 is 0 Å². The van der Waals surface area contributed by atoms with Crippen LogP contribution < -0.4 is 5.32 Å². The Morgan fingerprint density at radius 3 is 2.60 bits per heavy atom. The summed E-state index contributed by atoms with van der Waals surface area (Å²) in [5.41, 5.74) is 1.94. The van der Waals surface area contributed by atoms with E-state index in [9.17, 15) is 4.79 Å². The van der Waals surface area contributed by atoms with Crippen molar-refractivity contribution in [2.45, 2.75) is 22.9 Å². The first-order valence-electron chi connectivity index (χ1n) is 7.79. The first-order valence-corrected chi connectivity index (χ1v) is 9.40. The first kappa shape index (κ1) is 17.7. The normalized spacial score (nSPS) is 10.6. The van der Waals surface area contributed by atoms with E-state index in [4.69, 9.17) is 0 Å². The monoisotopic (exact) mass is 416 g/mol. The molecule has 0 aliphatic rings. The molecular weight excluding hydrogens is 400 g/mol. The van der Waals surface area contributed by atoms with Crippen LogP contribution in [-0.2, 0) is 18.3 Å². The van der Waals surface area contributed by atoms with E-state index in [-0.39, 0.29) is 5.91 Å². The van der Waals surface area contributed by atoms with E-state index in [1.165, 1.54) is 11.8 Å². The molecule has 1 aromatic heterocycles. The Bertz CT molecular complexity index is 867. The van der Waals surface area contributed by atoms with E-state index in [2.05, 4.69) is 31.3 Å². The lowest BCUT2D eigenvalue weighted by Crippen LogP contribution is -2.13. The fraction of sp³-hybridized carbons (Fsp3) is 0.167. The number of para-hydroxylation sites is 1. The number of nitrogens with zero attached hydrogens (tertiary/aromatic N) is 3. The van der Waals surface area contributed by atoms with Crippen molar-refractivity contribution in [2.75, 3.05) is 5.32 Å². The van der Waals surface area contributed by atoms with Crippen LogP contribution in [0.5, 0.6) is 0 Å². The number of hydrogen-bond acceptors (Lipinski definition) is 4. The fourth-order valence-corrected chi connectivity index (χ4v) is 3.70. The summed E-state index contributed by atoms with van der Waals surface area (Å²) in [7, 11) is 1.83. The Labute approximate surface area is 159 Å². The smallest absolute Gasteiger partial charge is 0.224 e. The molecule has 0 spiro atoms. The highest BCUT2D eigenvalue weighted by atomic mass is 79.9. The van der Waals surface area contributed by atoms with Gasteiger partial charge in [-0.2, -0.15) is 4.98 Å². The standard InChI is InChI=1S/C18H17BrN4OS/c1-23-18(21-17(19)22-23)25-15-10-6-5-9-14(15)20-16(24)12-11-13-7-3-2-4-8-13/h2-10H,11-12H2,1H3,(H,20,24). The number of aryl methyl sites for hydroxylation is 2. The van der Waals surface area contributed by atoms with E-state index >= 15 is 0 Å². The summed E-state index contributed by atoms with van der Waals surface area (Å²) < 4.78 is 2.24. The Hall–Kier alpha value is -2.12. The summed E-state index contributed by atoms with van der Waals surface area (Å²) >= 11 is 4.73. The lowest BCUT2D eigenvalue weighted by molar-refractivity contribution is -0.116. The van der Waals surface area contributed by atoms with E-state index in [0.29, 0.717) is 11.2 Å². The van der Waals surface area contributed by atoms with Crippen molar-refractivity contribution >= 4 is 39.3 Å². The van der Waals surface area contributed by atoms with Gasteiger partial charge in [-0.3, -0.25) is 4.79 Å². The van der Waals surface area contributed by atoms with Crippen LogP contribution in [0.1, 0.15) is 12.0 Å². The lowest BCUT2D eigenvalue weighted by atomic mass is 10.1. The van der Waals surface area contributed by atoms with Crippen LogP contribution in [0.3, 0.4) is 0 Å². The highest BCUT2D eigenvalue weighted by Gasteiger charge is 2.12. The third kappa shape index (κ3) is 4.93. The van der Waals surface area contributed by atoms with Gasteiger partial charge in [0.05, 0.1) is 5.69 Å². The number of aromatic nitrogens is 3. The number of carbonyl (C=O) groups is 1. The minimum atomic E-state index is -0.00366. The number of rotatable bonds is 6. The second kappa shape index (κ2) is 8.31. The van der Waals surface area contributed by atoms with Gasteiger partial charge in [-0.25, -0.2) is 4.68 Å². The number of anilines is 1. The summed E-state index contributed by atoms with van der Waals surface area (Å²) in [5.74, 6) is -0.00366. The zero-order valence-electron chi connectivity index (χ0n) is 13.6. The van der Waals surface area contributed by atoms with Gasteiger partial charge in [0.2, 0.25) is 10.6 Å². The molecule has 2 aromatic carbocycles. The molecule has 1 N–H and O–H groups in total. The number of halogens is 1. The number of hydrogen-bond donors (Lipinski definition) is 1. The van der Waals surface area contributed by atoms with Crippen LogP contribution >= 0.6 is 27.7 Å². The van der Waals surface area contributed by atoms with Crippen LogP contribution in [0.15, 0.2) is 69.4 Å². The average molecular weight is 417 g/mol. The molecule has 0 saturated heterocycles. The molecule has 1 amide bonds. The average Bonchev–Trinajstić information content (AvgIpc) is 2.93. The summed E-state index contributed by atoms with van der Waals surface area (Å²) in [4.78, 5) is 17.6. The molecule has 7 heteroatoms. The lowest BCUT2D eigenvalue weighted by Gasteiger charge is -2.10. The zero-order valence-corrected chi connectivity index (χ0v) is 16.0. The van der Waals surface area contributed by atoms with Gasteiger partial charge in [0.1, 0.15) is 0 Å². The maximum Gasteiger partial charge on any atom is 0.224 e. The SMILES string of the molecule is Cn1nc(Br)nc1Sc1ccccc1NC(=O)CCc1ccccc1. The van der Waals surface area contributed by atoms with E-state index in [1.807, 2.05) is 61.6 Å². The molecular formula is C18H17BrN4OS. The van der Waals surface area contributed by atoms with E-state index in [1.54, 1.807) is 4.68 Å². The Morgan fingerprint density at radius 2 is 1.88 bits per heavy atom. The van der Waals surface area contributed by atoms with Crippen molar-refractivity contribution in [1.29, 1.82) is 0 Å². The summed E-state index contributed by atoms with van der Waals surface area (Å²) in [6.07, 6.45) is 1.16. The third-order valence-electron chi connectivity index (χ3n) is 3.54. The second-order valence-corrected chi connectivity index (χ2v) is 7.14. The van der Waals surface area contributed by atoms with Crippen LogP contribution in [0.4, 0.5) is 5.69 Å². The van der Waals surface area contributed by atoms with Crippen molar-refractivity contribution in [3.8, 4) is 0 Å². The summed E-state index contributed by atoms with van der Waals surface area (Å²) in [6.45, 7) is 0. The quantitative estimate of drug-likeness (QED) is 0.650. The van der Waals surface area contributed by atoms with Crippen molar-refractivity contribution in [2.24, 2.45) is 7.05 Å². The highest BCUT2D eigenvalue weighted by molar-refractivity contribution is 9.10. The molecule has 25 heavy (non-hydrogen) atoms. The van der Waals surface area contributed by atoms with Crippen LogP contribution in [0, 0.1) is 0 Å². The molecule has 0 atom stereocenters. The molecule has 0 fully saturated rings. The van der Waals surface area contributed by atoms with Gasteiger partial charge in [-0.05, 0) is 51.8 Å². The molecule has 3 rings (SSSR count). The highest BCUT2D eigenvalue weighted by Crippen LogP contribution is 2.32. The van der Waals surface area contributed by atoms with Crippen LogP contribution in [-0.4, -0.2) is 20.7 Å². The molecule has 0 aliphatic heterocycles. The van der Waals surface area contributed by atoms with Gasteiger partial charge in [0, 0.05) is 18.4 Å². The van der Waals surface area contributed by atoms with Crippen molar-refractivity contribution in [3.05, 3.63) is 64.9 Å². The van der Waals surface area contributed by atoms with E-state index < -0.39 is 0 Å². The van der Waals surface area contributed by atoms with Crippen molar-refractivity contribution in [3.63, 3.8) is 0 Å². The Morgan fingerprint density at radius 1 is 1.16 bits per heavy atom. The topological polar surface area (TPSA) is 59.8 Å². The number of benzene rings is 2. The number of nitrogens with one attached hydrogen (secondary N) is 1. The van der Waals surface area contributed by atoms with Gasteiger partial charge in [-0.1, -0.05) is 42.5 Å². The van der Waals surface area contributed by atoms with Gasteiger partial charge < -0.3 is 5.32 Å². The fourth-order valence-electron chi connectivity index (χ4n) is 2.30. The molecule has 0 saturated carbocycles. The maximum atomic E-state index is 12.3. The predicted molar refractivity (Wildman–Crippen MR) is 103 cm³/mol. The minimum Gasteiger partial charge on any atom is -0.325 e. The summed E-state index contributed by atoms with van der Waals surface area (Å²) in [6, 6.07) is 17.7. The molecule has 5 nitrogen and oxygen atoms in total. The largest absolute Gasteiger partial charge is 0.325 e. The Kier molecular flexibility index (Phi) is 5.88. The molecule has 128 valence electrons. The molecule has 0 unspecified atom stereocenters.